The van der Waals surface area contributed by atoms with Crippen molar-refractivity contribution >= 4 is 15.9 Å². The van der Waals surface area contributed by atoms with Gasteiger partial charge in [0, 0.05) is 17.5 Å². The lowest BCUT2D eigenvalue weighted by molar-refractivity contribution is 0.369. The van der Waals surface area contributed by atoms with E-state index in [2.05, 4.69) is 22.0 Å². The molecule has 1 saturated carbocycles. The van der Waals surface area contributed by atoms with Crippen LogP contribution < -0.4 is 15.2 Å². The van der Waals surface area contributed by atoms with Gasteiger partial charge in [-0.2, -0.15) is 0 Å². The van der Waals surface area contributed by atoms with Gasteiger partial charge in [0.15, 0.2) is 0 Å². The van der Waals surface area contributed by atoms with E-state index >= 15 is 0 Å². The zero-order chi connectivity index (χ0) is 13.2. The largest absolute Gasteiger partial charge is 0.496 e. The molecule has 0 amide bonds. The van der Waals surface area contributed by atoms with Crippen LogP contribution in [0.15, 0.2) is 16.6 Å². The molecular formula is C14H20BrNO2. The second kappa shape index (κ2) is 5.49. The van der Waals surface area contributed by atoms with Crippen LogP contribution >= 0.6 is 15.9 Å². The van der Waals surface area contributed by atoms with Gasteiger partial charge in [0.2, 0.25) is 0 Å². The molecule has 0 aliphatic heterocycles. The Balaban J connectivity index is 2.53. The van der Waals surface area contributed by atoms with Crippen molar-refractivity contribution in [2.24, 2.45) is 5.73 Å². The number of hydrogen-bond donors (Lipinski definition) is 1. The third-order valence-corrected chi connectivity index (χ3v) is 4.62. The van der Waals surface area contributed by atoms with Crippen LogP contribution in [0, 0.1) is 0 Å². The van der Waals surface area contributed by atoms with Crippen molar-refractivity contribution in [3.05, 3.63) is 22.2 Å². The molecule has 0 bridgehead atoms. The monoisotopic (exact) mass is 313 g/mol. The van der Waals surface area contributed by atoms with Crippen LogP contribution in [-0.4, -0.2) is 20.8 Å². The summed E-state index contributed by atoms with van der Waals surface area (Å²) in [6.07, 6.45) is 4.73. The minimum atomic E-state index is 0.0549. The summed E-state index contributed by atoms with van der Waals surface area (Å²) < 4.78 is 11.8. The first-order valence-electron chi connectivity index (χ1n) is 6.29. The molecule has 2 rings (SSSR count). The molecule has 1 aliphatic carbocycles. The molecule has 1 aromatic carbocycles. The minimum Gasteiger partial charge on any atom is -0.496 e. The number of benzene rings is 1. The maximum absolute atomic E-state index is 6.05. The first kappa shape index (κ1) is 13.7. The van der Waals surface area contributed by atoms with E-state index in [1.807, 2.05) is 6.07 Å². The van der Waals surface area contributed by atoms with Gasteiger partial charge in [-0.3, -0.25) is 0 Å². The fourth-order valence-electron chi connectivity index (χ4n) is 2.91. The quantitative estimate of drug-likeness (QED) is 0.928. The number of hydrogen-bond acceptors (Lipinski definition) is 3. The molecule has 18 heavy (non-hydrogen) atoms. The van der Waals surface area contributed by atoms with Crippen molar-refractivity contribution in [2.75, 3.05) is 20.8 Å². The Hall–Kier alpha value is -0.740. The second-order valence-electron chi connectivity index (χ2n) is 4.88. The lowest BCUT2D eigenvalue weighted by Crippen LogP contribution is -2.32. The predicted molar refractivity (Wildman–Crippen MR) is 76.4 cm³/mol. The number of nitrogens with two attached hydrogens (primary N) is 1. The SMILES string of the molecule is COc1cc(C2(CN)CCCC2)c(OC)cc1Br. The van der Waals surface area contributed by atoms with Crippen molar-refractivity contribution in [3.63, 3.8) is 0 Å². The molecule has 0 saturated heterocycles. The predicted octanol–water partition coefficient (Wildman–Crippen LogP) is 3.24. The topological polar surface area (TPSA) is 44.5 Å². The van der Waals surface area contributed by atoms with Gasteiger partial charge in [-0.1, -0.05) is 12.8 Å². The third kappa shape index (κ3) is 2.24. The highest BCUT2D eigenvalue weighted by atomic mass is 79.9. The molecule has 1 aromatic rings. The van der Waals surface area contributed by atoms with Crippen LogP contribution in [0.4, 0.5) is 0 Å². The fourth-order valence-corrected chi connectivity index (χ4v) is 3.39. The smallest absolute Gasteiger partial charge is 0.133 e. The van der Waals surface area contributed by atoms with E-state index in [0.29, 0.717) is 6.54 Å². The lowest BCUT2D eigenvalue weighted by Gasteiger charge is -2.30. The molecule has 1 aliphatic rings. The van der Waals surface area contributed by atoms with Gasteiger partial charge in [-0.25, -0.2) is 0 Å². The molecule has 1 fully saturated rings. The molecular weight excluding hydrogens is 294 g/mol. The van der Waals surface area contributed by atoms with Gasteiger partial charge in [0.25, 0.3) is 0 Å². The fraction of sp³-hybridized carbons (Fsp3) is 0.571. The normalized spacial score (nSPS) is 17.8. The van der Waals surface area contributed by atoms with E-state index in [9.17, 15) is 0 Å². The maximum atomic E-state index is 6.05. The summed E-state index contributed by atoms with van der Waals surface area (Å²) >= 11 is 3.49. The molecule has 0 spiro atoms. The van der Waals surface area contributed by atoms with Crippen molar-refractivity contribution in [1.29, 1.82) is 0 Å². The highest BCUT2D eigenvalue weighted by Gasteiger charge is 2.37. The van der Waals surface area contributed by atoms with Crippen LogP contribution in [0.2, 0.25) is 0 Å². The van der Waals surface area contributed by atoms with Crippen molar-refractivity contribution in [3.8, 4) is 11.5 Å². The molecule has 3 nitrogen and oxygen atoms in total. The molecule has 0 heterocycles. The number of halogens is 1. The van der Waals surface area contributed by atoms with Crippen molar-refractivity contribution in [2.45, 2.75) is 31.1 Å². The number of rotatable bonds is 4. The first-order chi connectivity index (χ1) is 8.66. The molecule has 2 N–H and O–H groups in total. The number of ether oxygens (including phenoxy) is 2. The first-order valence-corrected chi connectivity index (χ1v) is 7.08. The van der Waals surface area contributed by atoms with Gasteiger partial charge in [-0.05, 0) is 40.9 Å². The summed E-state index contributed by atoms with van der Waals surface area (Å²) in [6, 6.07) is 4.05. The molecule has 0 atom stereocenters. The van der Waals surface area contributed by atoms with Crippen LogP contribution in [0.25, 0.3) is 0 Å². The van der Waals surface area contributed by atoms with Crippen LogP contribution in [0.3, 0.4) is 0 Å². The van der Waals surface area contributed by atoms with Crippen molar-refractivity contribution in [1.82, 2.24) is 0 Å². The van der Waals surface area contributed by atoms with Gasteiger partial charge in [0.05, 0.1) is 18.7 Å². The minimum absolute atomic E-state index is 0.0549. The van der Waals surface area contributed by atoms with Crippen LogP contribution in [-0.2, 0) is 5.41 Å². The summed E-state index contributed by atoms with van der Waals surface area (Å²) in [5.41, 5.74) is 7.29. The Kier molecular flexibility index (Phi) is 4.17. The van der Waals surface area contributed by atoms with E-state index in [-0.39, 0.29) is 5.41 Å². The summed E-state index contributed by atoms with van der Waals surface area (Å²) in [7, 11) is 3.39. The van der Waals surface area contributed by atoms with E-state index < -0.39 is 0 Å². The summed E-state index contributed by atoms with van der Waals surface area (Å²) in [5, 5.41) is 0. The van der Waals surface area contributed by atoms with E-state index in [1.54, 1.807) is 14.2 Å². The summed E-state index contributed by atoms with van der Waals surface area (Å²) in [5.74, 6) is 1.74. The number of methoxy groups -OCH3 is 2. The Morgan fingerprint density at radius 1 is 1.17 bits per heavy atom. The lowest BCUT2D eigenvalue weighted by atomic mass is 9.78. The average Bonchev–Trinajstić information content (AvgIpc) is 2.88. The average molecular weight is 314 g/mol. The van der Waals surface area contributed by atoms with Crippen LogP contribution in [0.5, 0.6) is 11.5 Å². The van der Waals surface area contributed by atoms with Crippen molar-refractivity contribution < 1.29 is 9.47 Å². The molecule has 100 valence electrons. The highest BCUT2D eigenvalue weighted by molar-refractivity contribution is 9.10. The van der Waals surface area contributed by atoms with Gasteiger partial charge < -0.3 is 15.2 Å². The van der Waals surface area contributed by atoms with E-state index in [4.69, 9.17) is 15.2 Å². The van der Waals surface area contributed by atoms with E-state index in [1.165, 1.54) is 18.4 Å². The zero-order valence-corrected chi connectivity index (χ0v) is 12.5. The Morgan fingerprint density at radius 2 is 1.78 bits per heavy atom. The summed E-state index contributed by atoms with van der Waals surface area (Å²) in [6.45, 7) is 0.661. The van der Waals surface area contributed by atoms with Gasteiger partial charge in [-0.15, -0.1) is 0 Å². The van der Waals surface area contributed by atoms with E-state index in [0.717, 1.165) is 28.8 Å². The summed E-state index contributed by atoms with van der Waals surface area (Å²) in [4.78, 5) is 0. The second-order valence-corrected chi connectivity index (χ2v) is 5.73. The highest BCUT2D eigenvalue weighted by Crippen LogP contribution is 2.46. The Labute approximate surface area is 117 Å². The maximum Gasteiger partial charge on any atom is 0.133 e. The molecule has 0 unspecified atom stereocenters. The Bertz CT molecular complexity index is 428. The third-order valence-electron chi connectivity index (χ3n) is 4.00. The zero-order valence-electron chi connectivity index (χ0n) is 11.0. The van der Waals surface area contributed by atoms with Gasteiger partial charge >= 0.3 is 0 Å². The molecule has 4 heteroatoms. The van der Waals surface area contributed by atoms with Gasteiger partial charge in [0.1, 0.15) is 11.5 Å². The molecule has 0 radical (unpaired) electrons. The Morgan fingerprint density at radius 3 is 2.28 bits per heavy atom. The molecule has 0 aromatic heterocycles. The van der Waals surface area contributed by atoms with Crippen LogP contribution in [0.1, 0.15) is 31.2 Å². The standard InChI is InChI=1S/C14H20BrNO2/c1-17-12-8-11(15)13(18-2)7-10(12)14(9-16)5-3-4-6-14/h7-8H,3-6,9,16H2,1-2H3.